The van der Waals surface area contributed by atoms with Gasteiger partial charge in [-0.1, -0.05) is 19.9 Å². The highest BCUT2D eigenvalue weighted by Crippen LogP contribution is 2.36. The number of anilines is 1. The van der Waals surface area contributed by atoms with Gasteiger partial charge >= 0.3 is 0 Å². The lowest BCUT2D eigenvalue weighted by Crippen LogP contribution is -2.32. The van der Waals surface area contributed by atoms with Gasteiger partial charge in [-0.2, -0.15) is 0 Å². The molecule has 1 aliphatic rings. The summed E-state index contributed by atoms with van der Waals surface area (Å²) < 4.78 is 29.0. The molecule has 1 aliphatic heterocycles. The van der Waals surface area contributed by atoms with Crippen LogP contribution in [0.25, 0.3) is 0 Å². The lowest BCUT2D eigenvalue weighted by atomic mass is 10.0. The lowest BCUT2D eigenvalue weighted by Gasteiger charge is -2.23. The Morgan fingerprint density at radius 3 is 2.67 bits per heavy atom. The van der Waals surface area contributed by atoms with Gasteiger partial charge in [0.1, 0.15) is 0 Å². The van der Waals surface area contributed by atoms with Gasteiger partial charge in [0.05, 0.1) is 16.6 Å². The normalized spacial score (nSPS) is 16.1. The first-order valence-electron chi connectivity index (χ1n) is 8.90. The van der Waals surface area contributed by atoms with Crippen LogP contribution in [0.2, 0.25) is 0 Å². The number of nitrogens with one attached hydrogen (secondary N) is 1. The molecular formula is C19H24N2O3S3. The molecule has 5 nitrogen and oxygen atoms in total. The molecule has 2 heterocycles. The van der Waals surface area contributed by atoms with Crippen LogP contribution < -0.4 is 9.62 Å². The van der Waals surface area contributed by atoms with Gasteiger partial charge in [0.15, 0.2) is 0 Å². The van der Waals surface area contributed by atoms with E-state index in [9.17, 15) is 13.2 Å². The second-order valence-electron chi connectivity index (χ2n) is 6.86. The van der Waals surface area contributed by atoms with Crippen molar-refractivity contribution in [3.63, 3.8) is 0 Å². The number of hydrogen-bond acceptors (Lipinski definition) is 5. The Morgan fingerprint density at radius 2 is 2.04 bits per heavy atom. The highest BCUT2D eigenvalue weighted by atomic mass is 32.2. The third-order valence-corrected chi connectivity index (χ3v) is 8.04. The van der Waals surface area contributed by atoms with Gasteiger partial charge in [0.2, 0.25) is 15.9 Å². The van der Waals surface area contributed by atoms with Crippen molar-refractivity contribution in [3.8, 4) is 0 Å². The van der Waals surface area contributed by atoms with Gasteiger partial charge < -0.3 is 4.90 Å². The van der Waals surface area contributed by atoms with Crippen LogP contribution in [0.3, 0.4) is 0 Å². The summed E-state index contributed by atoms with van der Waals surface area (Å²) in [4.78, 5) is 15.9. The number of nitrogens with zero attached hydrogens (tertiary/aromatic N) is 1. The van der Waals surface area contributed by atoms with E-state index in [1.54, 1.807) is 40.1 Å². The molecule has 1 aromatic carbocycles. The highest BCUT2D eigenvalue weighted by molar-refractivity contribution is 7.99. The number of carbonyl (C=O) groups is 1. The second kappa shape index (κ2) is 8.34. The molecule has 146 valence electrons. The van der Waals surface area contributed by atoms with Crippen LogP contribution in [0.15, 0.2) is 45.5 Å². The molecule has 1 atom stereocenters. The van der Waals surface area contributed by atoms with Crippen molar-refractivity contribution in [1.29, 1.82) is 0 Å². The number of sulfonamides is 1. The summed E-state index contributed by atoms with van der Waals surface area (Å²) in [6, 6.07) is 8.65. The first-order chi connectivity index (χ1) is 12.8. The summed E-state index contributed by atoms with van der Waals surface area (Å²) in [5, 5.41) is 1.95. The summed E-state index contributed by atoms with van der Waals surface area (Å²) in [5.41, 5.74) is 0.685. The first-order valence-corrected chi connectivity index (χ1v) is 12.2. The second-order valence-corrected chi connectivity index (χ2v) is 10.7. The Balaban J connectivity index is 1.96. The van der Waals surface area contributed by atoms with Crippen LogP contribution in [0.4, 0.5) is 5.69 Å². The molecule has 0 unspecified atom stereocenters. The van der Waals surface area contributed by atoms with Gasteiger partial charge in [-0.15, -0.1) is 23.1 Å². The maximum atomic E-state index is 13.1. The van der Waals surface area contributed by atoms with Crippen molar-refractivity contribution in [2.75, 3.05) is 17.2 Å². The van der Waals surface area contributed by atoms with Crippen molar-refractivity contribution in [1.82, 2.24) is 4.72 Å². The van der Waals surface area contributed by atoms with Gasteiger partial charge in [-0.05, 0) is 47.7 Å². The Bertz CT molecular complexity index is 908. The van der Waals surface area contributed by atoms with Gasteiger partial charge in [-0.25, -0.2) is 13.1 Å². The zero-order valence-electron chi connectivity index (χ0n) is 15.6. The molecule has 1 amide bonds. The third-order valence-electron chi connectivity index (χ3n) is 4.49. The fourth-order valence-electron chi connectivity index (χ4n) is 3.08. The predicted octanol–water partition coefficient (Wildman–Crippen LogP) is 4.27. The largest absolute Gasteiger partial charge is 0.311 e. The van der Waals surface area contributed by atoms with E-state index in [0.29, 0.717) is 12.2 Å². The molecule has 1 aromatic heterocycles. The fraction of sp³-hybridized carbons (Fsp3) is 0.421. The first kappa shape index (κ1) is 20.4. The fourth-order valence-corrected chi connectivity index (χ4v) is 6.46. The minimum atomic E-state index is -3.72. The summed E-state index contributed by atoms with van der Waals surface area (Å²) in [7, 11) is -3.72. The minimum absolute atomic E-state index is 0.0695. The predicted molar refractivity (Wildman–Crippen MR) is 112 cm³/mol. The number of thiophene rings is 1. The molecule has 2 aromatic rings. The summed E-state index contributed by atoms with van der Waals surface area (Å²) in [6.45, 7) is 6.12. The Labute approximate surface area is 169 Å². The van der Waals surface area contributed by atoms with Gasteiger partial charge in [0, 0.05) is 23.2 Å². The molecule has 0 spiro atoms. The number of fused-ring (bicyclic) bond motifs is 1. The van der Waals surface area contributed by atoms with Crippen LogP contribution in [0.5, 0.6) is 0 Å². The highest BCUT2D eigenvalue weighted by Gasteiger charge is 2.27. The van der Waals surface area contributed by atoms with E-state index >= 15 is 0 Å². The molecule has 8 heteroatoms. The number of carbonyl (C=O) groups excluding carboxylic acids is 1. The smallest absolute Gasteiger partial charge is 0.241 e. The standard InChI is InChI=1S/C19H24N2O3S3/c1-13(2)19(18-6-4-10-26-18)20-27(23,24)15-7-8-17-16(12-15)21(14(3)22)9-5-11-25-17/h4,6-8,10,12-13,19-20H,5,9,11H2,1-3H3/t19-/m1/s1. The van der Waals surface area contributed by atoms with Gasteiger partial charge in [0.25, 0.3) is 0 Å². The van der Waals surface area contributed by atoms with Crippen LogP contribution in [-0.4, -0.2) is 26.6 Å². The zero-order chi connectivity index (χ0) is 19.6. The molecule has 0 aliphatic carbocycles. The Morgan fingerprint density at radius 1 is 1.26 bits per heavy atom. The van der Waals surface area contributed by atoms with Crippen LogP contribution in [-0.2, 0) is 14.8 Å². The number of benzene rings is 1. The van der Waals surface area contributed by atoms with E-state index in [1.807, 2.05) is 37.4 Å². The Hall–Kier alpha value is -1.35. The molecule has 0 radical (unpaired) electrons. The monoisotopic (exact) mass is 424 g/mol. The topological polar surface area (TPSA) is 66.5 Å². The van der Waals surface area contributed by atoms with Crippen LogP contribution in [0, 0.1) is 5.92 Å². The van der Waals surface area contributed by atoms with E-state index in [0.717, 1.165) is 21.9 Å². The van der Waals surface area contributed by atoms with Crippen molar-refractivity contribution >= 4 is 44.7 Å². The number of hydrogen-bond donors (Lipinski definition) is 1. The summed E-state index contributed by atoms with van der Waals surface area (Å²) >= 11 is 3.20. The molecule has 0 bridgehead atoms. The van der Waals surface area contributed by atoms with E-state index < -0.39 is 10.0 Å². The van der Waals surface area contributed by atoms with Gasteiger partial charge in [-0.3, -0.25) is 4.79 Å². The third kappa shape index (κ3) is 4.56. The van der Waals surface area contributed by atoms with Crippen LogP contribution >= 0.6 is 23.1 Å². The zero-order valence-corrected chi connectivity index (χ0v) is 18.1. The molecule has 0 saturated carbocycles. The molecule has 0 saturated heterocycles. The van der Waals surface area contributed by atoms with E-state index in [2.05, 4.69) is 4.72 Å². The Kier molecular flexibility index (Phi) is 6.30. The molecule has 3 rings (SSSR count). The van der Waals surface area contributed by atoms with Crippen molar-refractivity contribution in [2.24, 2.45) is 5.92 Å². The quantitative estimate of drug-likeness (QED) is 0.778. The molecule has 0 fully saturated rings. The molecule has 27 heavy (non-hydrogen) atoms. The van der Waals surface area contributed by atoms with Crippen molar-refractivity contribution in [2.45, 2.75) is 43.0 Å². The molecule has 1 N–H and O–H groups in total. The summed E-state index contributed by atoms with van der Waals surface area (Å²) in [6.07, 6.45) is 0.882. The van der Waals surface area contributed by atoms with Crippen molar-refractivity contribution in [3.05, 3.63) is 40.6 Å². The molecular weight excluding hydrogens is 400 g/mol. The lowest BCUT2D eigenvalue weighted by molar-refractivity contribution is -0.116. The maximum Gasteiger partial charge on any atom is 0.241 e. The number of thioether (sulfide) groups is 1. The van der Waals surface area contributed by atoms with E-state index in [1.165, 1.54) is 6.92 Å². The van der Waals surface area contributed by atoms with E-state index in [4.69, 9.17) is 0 Å². The number of rotatable bonds is 5. The minimum Gasteiger partial charge on any atom is -0.311 e. The summed E-state index contributed by atoms with van der Waals surface area (Å²) in [5.74, 6) is 0.956. The van der Waals surface area contributed by atoms with Crippen LogP contribution in [0.1, 0.15) is 38.1 Å². The number of amides is 1. The maximum absolute atomic E-state index is 13.1. The average Bonchev–Trinajstić information content (AvgIpc) is 3.05. The average molecular weight is 425 g/mol. The SMILES string of the molecule is CC(=O)N1CCCSc2ccc(S(=O)(=O)N[C@@H](c3cccs3)C(C)C)cc21. The van der Waals surface area contributed by atoms with Crippen molar-refractivity contribution < 1.29 is 13.2 Å². The van der Waals surface area contributed by atoms with E-state index in [-0.39, 0.29) is 22.8 Å².